The molecule has 122 valence electrons. The topological polar surface area (TPSA) is 64.4 Å². The first-order valence-electron chi connectivity index (χ1n) is 7.01. The number of nitrogens with one attached hydrogen (secondary N) is 1. The molecule has 0 aliphatic rings. The van der Waals surface area contributed by atoms with E-state index < -0.39 is 16.6 Å². The Morgan fingerprint density at radius 3 is 2.65 bits per heavy atom. The standard InChI is InChI=1S/C16H16F2N2O3/c1-11(10-23-13-6-7-14(17)15(18)8-13)19-9-12-4-2-3-5-16(12)20(21)22/h2-8,11,19H,9-10H2,1H3/t11-/m0/s1. The van der Waals surface area contributed by atoms with E-state index in [0.29, 0.717) is 12.1 Å². The number of nitro benzene ring substituents is 1. The Kier molecular flexibility index (Phi) is 5.59. The Bertz CT molecular complexity index is 695. The quantitative estimate of drug-likeness (QED) is 0.626. The Morgan fingerprint density at radius 2 is 1.96 bits per heavy atom. The summed E-state index contributed by atoms with van der Waals surface area (Å²) in [7, 11) is 0. The number of hydrogen-bond donors (Lipinski definition) is 1. The molecule has 0 fully saturated rings. The van der Waals surface area contributed by atoms with Crippen LogP contribution < -0.4 is 10.1 Å². The molecule has 1 N–H and O–H groups in total. The van der Waals surface area contributed by atoms with Gasteiger partial charge in [0, 0.05) is 30.3 Å². The van der Waals surface area contributed by atoms with Gasteiger partial charge in [0.1, 0.15) is 12.4 Å². The van der Waals surface area contributed by atoms with Crippen molar-refractivity contribution in [2.75, 3.05) is 6.61 Å². The van der Waals surface area contributed by atoms with Crippen molar-refractivity contribution in [3.63, 3.8) is 0 Å². The highest BCUT2D eigenvalue weighted by molar-refractivity contribution is 5.39. The van der Waals surface area contributed by atoms with E-state index in [2.05, 4.69) is 5.32 Å². The van der Waals surface area contributed by atoms with Gasteiger partial charge in [-0.15, -0.1) is 0 Å². The molecule has 2 aromatic rings. The summed E-state index contributed by atoms with van der Waals surface area (Å²) in [6.45, 7) is 2.35. The van der Waals surface area contributed by atoms with E-state index in [1.165, 1.54) is 12.1 Å². The number of para-hydroxylation sites is 1. The smallest absolute Gasteiger partial charge is 0.273 e. The predicted molar refractivity (Wildman–Crippen MR) is 81.3 cm³/mol. The maximum absolute atomic E-state index is 13.1. The van der Waals surface area contributed by atoms with Crippen molar-refractivity contribution in [1.29, 1.82) is 0 Å². The molecule has 0 saturated carbocycles. The van der Waals surface area contributed by atoms with Crippen molar-refractivity contribution >= 4 is 5.69 Å². The summed E-state index contributed by atoms with van der Waals surface area (Å²) >= 11 is 0. The number of hydrogen-bond acceptors (Lipinski definition) is 4. The molecule has 0 radical (unpaired) electrons. The highest BCUT2D eigenvalue weighted by atomic mass is 19.2. The average molecular weight is 322 g/mol. The third-order valence-electron chi connectivity index (χ3n) is 3.22. The molecular formula is C16H16F2N2O3. The van der Waals surface area contributed by atoms with Gasteiger partial charge in [-0.1, -0.05) is 18.2 Å². The predicted octanol–water partition coefficient (Wildman–Crippen LogP) is 3.43. The lowest BCUT2D eigenvalue weighted by Gasteiger charge is -2.15. The van der Waals surface area contributed by atoms with Crippen molar-refractivity contribution in [2.24, 2.45) is 0 Å². The van der Waals surface area contributed by atoms with Gasteiger partial charge in [0.25, 0.3) is 5.69 Å². The molecule has 0 aromatic heterocycles. The van der Waals surface area contributed by atoms with Crippen molar-refractivity contribution in [3.8, 4) is 5.75 Å². The molecule has 0 unspecified atom stereocenters. The maximum Gasteiger partial charge on any atom is 0.273 e. The van der Waals surface area contributed by atoms with Crippen molar-refractivity contribution < 1.29 is 18.4 Å². The van der Waals surface area contributed by atoms with Gasteiger partial charge in [-0.05, 0) is 19.1 Å². The van der Waals surface area contributed by atoms with Crippen molar-refractivity contribution in [3.05, 3.63) is 69.8 Å². The van der Waals surface area contributed by atoms with E-state index in [0.717, 1.165) is 12.1 Å². The van der Waals surface area contributed by atoms with Gasteiger partial charge in [0.15, 0.2) is 11.6 Å². The van der Waals surface area contributed by atoms with Gasteiger partial charge >= 0.3 is 0 Å². The third kappa shape index (κ3) is 4.72. The molecule has 0 aliphatic heterocycles. The second-order valence-corrected chi connectivity index (χ2v) is 5.05. The molecule has 0 heterocycles. The number of nitrogens with zero attached hydrogens (tertiary/aromatic N) is 1. The van der Waals surface area contributed by atoms with Crippen LogP contribution >= 0.6 is 0 Å². The first-order chi connectivity index (χ1) is 11.0. The minimum atomic E-state index is -0.969. The van der Waals surface area contributed by atoms with Crippen LogP contribution in [0.15, 0.2) is 42.5 Å². The summed E-state index contributed by atoms with van der Waals surface area (Å²) in [4.78, 5) is 10.5. The SMILES string of the molecule is C[C@@H](COc1ccc(F)c(F)c1)NCc1ccccc1[N+](=O)[O-]. The van der Waals surface area contributed by atoms with E-state index >= 15 is 0 Å². The van der Waals surface area contributed by atoms with Crippen LogP contribution in [0.1, 0.15) is 12.5 Å². The normalized spacial score (nSPS) is 12.0. The van der Waals surface area contributed by atoms with Crippen molar-refractivity contribution in [2.45, 2.75) is 19.5 Å². The lowest BCUT2D eigenvalue weighted by Crippen LogP contribution is -2.31. The summed E-state index contributed by atoms with van der Waals surface area (Å²) in [5, 5.41) is 14.0. The lowest BCUT2D eigenvalue weighted by molar-refractivity contribution is -0.385. The zero-order chi connectivity index (χ0) is 16.8. The first kappa shape index (κ1) is 16.8. The van der Waals surface area contributed by atoms with E-state index in [4.69, 9.17) is 4.74 Å². The Morgan fingerprint density at radius 1 is 1.22 bits per heavy atom. The van der Waals surface area contributed by atoms with Gasteiger partial charge in [0.2, 0.25) is 0 Å². The lowest BCUT2D eigenvalue weighted by atomic mass is 10.1. The minimum Gasteiger partial charge on any atom is -0.492 e. The van der Waals surface area contributed by atoms with E-state index in [-0.39, 0.29) is 24.1 Å². The van der Waals surface area contributed by atoms with Crippen molar-refractivity contribution in [1.82, 2.24) is 5.32 Å². The minimum absolute atomic E-state index is 0.0497. The number of benzene rings is 2. The number of halogens is 2. The third-order valence-corrected chi connectivity index (χ3v) is 3.22. The summed E-state index contributed by atoms with van der Waals surface area (Å²) < 4.78 is 31.2. The molecule has 0 aliphatic carbocycles. The number of rotatable bonds is 7. The molecule has 7 heteroatoms. The van der Waals surface area contributed by atoms with Crippen LogP contribution in [-0.4, -0.2) is 17.6 Å². The molecular weight excluding hydrogens is 306 g/mol. The molecule has 0 spiro atoms. The fraction of sp³-hybridized carbons (Fsp3) is 0.250. The fourth-order valence-corrected chi connectivity index (χ4v) is 1.97. The van der Waals surface area contributed by atoms with Gasteiger partial charge in [-0.2, -0.15) is 0 Å². The van der Waals surface area contributed by atoms with Gasteiger partial charge in [-0.3, -0.25) is 10.1 Å². The summed E-state index contributed by atoms with van der Waals surface area (Å²) in [5.41, 5.74) is 0.617. The van der Waals surface area contributed by atoms with E-state index in [9.17, 15) is 18.9 Å². The van der Waals surface area contributed by atoms with Crippen LogP contribution in [0.25, 0.3) is 0 Å². The van der Waals surface area contributed by atoms with Crippen LogP contribution in [0.3, 0.4) is 0 Å². The Hall–Kier alpha value is -2.54. The van der Waals surface area contributed by atoms with Gasteiger partial charge in [0.05, 0.1) is 4.92 Å². The monoisotopic (exact) mass is 322 g/mol. The van der Waals surface area contributed by atoms with Gasteiger partial charge < -0.3 is 10.1 Å². The first-order valence-corrected chi connectivity index (χ1v) is 7.01. The van der Waals surface area contributed by atoms with Crippen LogP contribution in [0.4, 0.5) is 14.5 Å². The van der Waals surface area contributed by atoms with E-state index in [1.807, 2.05) is 6.92 Å². The zero-order valence-corrected chi connectivity index (χ0v) is 12.5. The van der Waals surface area contributed by atoms with E-state index in [1.54, 1.807) is 18.2 Å². The van der Waals surface area contributed by atoms with Gasteiger partial charge in [-0.25, -0.2) is 8.78 Å². The Labute approximate surface area is 132 Å². The van der Waals surface area contributed by atoms with Crippen LogP contribution in [-0.2, 0) is 6.54 Å². The number of nitro groups is 1. The van der Waals surface area contributed by atoms with Crippen LogP contribution in [0.5, 0.6) is 5.75 Å². The molecule has 2 aromatic carbocycles. The second kappa shape index (κ2) is 7.64. The van der Waals surface area contributed by atoms with Crippen LogP contribution in [0.2, 0.25) is 0 Å². The summed E-state index contributed by atoms with van der Waals surface area (Å²) in [6.07, 6.45) is 0. The fourth-order valence-electron chi connectivity index (χ4n) is 1.97. The summed E-state index contributed by atoms with van der Waals surface area (Å²) in [5.74, 6) is -1.67. The molecule has 5 nitrogen and oxygen atoms in total. The molecule has 0 saturated heterocycles. The van der Waals surface area contributed by atoms with Crippen LogP contribution in [0, 0.1) is 21.7 Å². The number of ether oxygens (including phenoxy) is 1. The molecule has 0 amide bonds. The zero-order valence-electron chi connectivity index (χ0n) is 12.5. The molecule has 0 bridgehead atoms. The second-order valence-electron chi connectivity index (χ2n) is 5.05. The highest BCUT2D eigenvalue weighted by Crippen LogP contribution is 2.18. The largest absolute Gasteiger partial charge is 0.492 e. The molecule has 23 heavy (non-hydrogen) atoms. The molecule has 1 atom stereocenters. The maximum atomic E-state index is 13.1. The average Bonchev–Trinajstić information content (AvgIpc) is 2.54. The molecule has 2 rings (SSSR count). The summed E-state index contributed by atoms with van der Waals surface area (Å²) in [6, 6.07) is 9.63. The Balaban J connectivity index is 1.87. The highest BCUT2D eigenvalue weighted by Gasteiger charge is 2.13.